The van der Waals surface area contributed by atoms with Gasteiger partial charge in [-0.05, 0) is 94.9 Å². The van der Waals surface area contributed by atoms with E-state index in [0.29, 0.717) is 43.8 Å². The third-order valence-electron chi connectivity index (χ3n) is 9.21. The minimum absolute atomic E-state index is 0.0231. The molecule has 0 bridgehead atoms. The minimum atomic E-state index is -1.04. The molecule has 0 spiro atoms. The molecule has 0 radical (unpaired) electrons. The highest BCUT2D eigenvalue weighted by Crippen LogP contribution is 2.41. The number of rotatable bonds is 8. The zero-order chi connectivity index (χ0) is 30.4. The molecule has 2 aliphatic carbocycles. The number of carbonyl (C=O) groups is 4. The van der Waals surface area contributed by atoms with Crippen molar-refractivity contribution in [1.29, 1.82) is 0 Å². The summed E-state index contributed by atoms with van der Waals surface area (Å²) in [6.45, 7) is 5.10. The Hall–Kier alpha value is -3.17. The molecule has 1 heterocycles. The summed E-state index contributed by atoms with van der Waals surface area (Å²) in [7, 11) is 0. The molecule has 1 saturated heterocycles. The van der Waals surface area contributed by atoms with Crippen LogP contribution >= 0.6 is 0 Å². The van der Waals surface area contributed by atoms with Gasteiger partial charge in [0.25, 0.3) is 0 Å². The van der Waals surface area contributed by atoms with Crippen LogP contribution in [0.2, 0.25) is 0 Å². The number of hydrogen-bond donors (Lipinski definition) is 3. The molecule has 3 N–H and O–H groups in total. The number of anilines is 1. The van der Waals surface area contributed by atoms with Crippen LogP contribution in [0.3, 0.4) is 0 Å². The van der Waals surface area contributed by atoms with E-state index in [1.807, 2.05) is 0 Å². The second kappa shape index (κ2) is 13.9. The summed E-state index contributed by atoms with van der Waals surface area (Å²) < 4.78 is 19.2. The molecular weight excluding hydrogens is 541 g/mol. The Labute approximate surface area is 247 Å². The lowest BCUT2D eigenvalue weighted by molar-refractivity contribution is -0.142. The van der Waals surface area contributed by atoms with Gasteiger partial charge in [0, 0.05) is 18.2 Å². The molecule has 1 aromatic carbocycles. The number of alkyl halides is 1. The van der Waals surface area contributed by atoms with Gasteiger partial charge in [0.2, 0.25) is 11.8 Å². The Kier molecular flexibility index (Phi) is 10.5. The van der Waals surface area contributed by atoms with Gasteiger partial charge < -0.3 is 25.4 Å². The SMILES string of the molecule is CC(C)(C)OC(=O)N[C@H](CF)[C@H]1CC[C@H](C(=O)N2CC[C@@H](C3CCCCC3)[C@H]2C(=O)Nc2ccc(C(=O)O)cc2)CC1. The molecule has 9 nitrogen and oxygen atoms in total. The standard InChI is InChI=1S/C32H46FN3O6/c1-32(2,3)42-31(41)35-26(19-33)21-9-11-22(12-10-21)29(38)36-18-17-25(20-7-5-4-6-8-20)27(36)28(37)34-24-15-13-23(14-16-24)30(39)40/h13-16,20-22,25-27H,4-12,17-19H2,1-3H3,(H,34,37)(H,35,41)(H,39,40)/t21-,22-,25-,26+,27-/m0/s1. The highest BCUT2D eigenvalue weighted by Gasteiger charge is 2.47. The highest BCUT2D eigenvalue weighted by molar-refractivity contribution is 5.98. The Morgan fingerprint density at radius 1 is 0.976 bits per heavy atom. The lowest BCUT2D eigenvalue weighted by Crippen LogP contribution is -2.50. The van der Waals surface area contributed by atoms with E-state index in [-0.39, 0.29) is 35.1 Å². The smallest absolute Gasteiger partial charge is 0.407 e. The average Bonchev–Trinajstić information content (AvgIpc) is 3.41. The fourth-order valence-electron chi connectivity index (χ4n) is 7.11. The molecule has 1 aromatic rings. The van der Waals surface area contributed by atoms with Gasteiger partial charge >= 0.3 is 12.1 Å². The predicted octanol–water partition coefficient (Wildman–Crippen LogP) is 5.79. The van der Waals surface area contributed by atoms with Crippen LogP contribution in [0.5, 0.6) is 0 Å². The molecule has 3 aliphatic rings. The molecule has 2 saturated carbocycles. The normalized spacial score (nSPS) is 25.9. The van der Waals surface area contributed by atoms with E-state index in [2.05, 4.69) is 10.6 Å². The number of aromatic carboxylic acids is 1. The Morgan fingerprint density at radius 3 is 2.19 bits per heavy atom. The number of halogens is 1. The number of ether oxygens (including phenoxy) is 1. The number of nitrogens with zero attached hydrogens (tertiary/aromatic N) is 1. The van der Waals surface area contributed by atoms with E-state index < -0.39 is 36.4 Å². The van der Waals surface area contributed by atoms with Crippen molar-refractivity contribution < 1.29 is 33.4 Å². The van der Waals surface area contributed by atoms with Gasteiger partial charge in [0.1, 0.15) is 18.3 Å². The molecule has 4 rings (SSSR count). The van der Waals surface area contributed by atoms with Crippen molar-refractivity contribution in [3.63, 3.8) is 0 Å². The van der Waals surface area contributed by atoms with Crippen molar-refractivity contribution in [2.75, 3.05) is 18.5 Å². The fourth-order valence-corrected chi connectivity index (χ4v) is 7.11. The molecular formula is C32H46FN3O6. The zero-order valence-corrected chi connectivity index (χ0v) is 25.1. The summed E-state index contributed by atoms with van der Waals surface area (Å²) in [4.78, 5) is 52.9. The first-order valence-corrected chi connectivity index (χ1v) is 15.5. The number of carboxylic acids is 1. The van der Waals surface area contributed by atoms with Crippen LogP contribution in [0.1, 0.15) is 95.3 Å². The summed E-state index contributed by atoms with van der Waals surface area (Å²) in [5.41, 5.74) is -0.0371. The average molecular weight is 588 g/mol. The monoisotopic (exact) mass is 587 g/mol. The number of carboxylic acid groups (broad SMARTS) is 1. The maximum Gasteiger partial charge on any atom is 0.407 e. The molecule has 10 heteroatoms. The summed E-state index contributed by atoms with van der Waals surface area (Å²) in [6.07, 6.45) is 8.09. The summed E-state index contributed by atoms with van der Waals surface area (Å²) in [6, 6.07) is 4.82. The minimum Gasteiger partial charge on any atom is -0.478 e. The van der Waals surface area contributed by atoms with Gasteiger partial charge in [-0.1, -0.05) is 32.1 Å². The number of benzene rings is 1. The molecule has 0 unspecified atom stereocenters. The molecule has 0 aromatic heterocycles. The van der Waals surface area contributed by atoms with E-state index in [0.717, 1.165) is 32.1 Å². The van der Waals surface area contributed by atoms with Crippen LogP contribution in [0.15, 0.2) is 24.3 Å². The molecule has 1 aliphatic heterocycles. The van der Waals surface area contributed by atoms with Gasteiger partial charge in [-0.2, -0.15) is 0 Å². The van der Waals surface area contributed by atoms with Crippen molar-refractivity contribution in [2.24, 2.45) is 23.7 Å². The Bertz CT molecular complexity index is 1110. The maximum absolute atomic E-state index is 13.9. The third-order valence-corrected chi connectivity index (χ3v) is 9.21. The van der Waals surface area contributed by atoms with Crippen molar-refractivity contribution in [2.45, 2.75) is 103 Å². The number of likely N-dealkylation sites (tertiary alicyclic amines) is 1. The molecule has 3 atom stereocenters. The second-order valence-electron chi connectivity index (χ2n) is 13.2. The largest absolute Gasteiger partial charge is 0.478 e. The first-order chi connectivity index (χ1) is 20.0. The predicted molar refractivity (Wildman–Crippen MR) is 157 cm³/mol. The number of amides is 3. The summed E-state index contributed by atoms with van der Waals surface area (Å²) in [5.74, 6) is -1.16. The topological polar surface area (TPSA) is 125 Å². The maximum atomic E-state index is 13.9. The number of nitrogens with one attached hydrogen (secondary N) is 2. The Balaban J connectivity index is 1.42. The summed E-state index contributed by atoms with van der Waals surface area (Å²) >= 11 is 0. The van der Waals surface area contributed by atoms with Crippen molar-refractivity contribution in [1.82, 2.24) is 10.2 Å². The third kappa shape index (κ3) is 8.01. The van der Waals surface area contributed by atoms with E-state index in [1.54, 1.807) is 37.8 Å². The first-order valence-electron chi connectivity index (χ1n) is 15.5. The van der Waals surface area contributed by atoms with Crippen LogP contribution in [0, 0.1) is 23.7 Å². The molecule has 3 fully saturated rings. The quantitative estimate of drug-likeness (QED) is 0.354. The summed E-state index contributed by atoms with van der Waals surface area (Å²) in [5, 5.41) is 14.8. The van der Waals surface area contributed by atoms with Crippen LogP contribution in [-0.2, 0) is 14.3 Å². The molecule has 3 amide bonds. The van der Waals surface area contributed by atoms with E-state index in [4.69, 9.17) is 4.74 Å². The van der Waals surface area contributed by atoms with Crippen molar-refractivity contribution in [3.05, 3.63) is 29.8 Å². The number of carbonyl (C=O) groups excluding carboxylic acids is 3. The molecule has 42 heavy (non-hydrogen) atoms. The van der Waals surface area contributed by atoms with Crippen LogP contribution in [-0.4, -0.2) is 64.8 Å². The number of hydrogen-bond acceptors (Lipinski definition) is 5. The van der Waals surface area contributed by atoms with E-state index >= 15 is 0 Å². The van der Waals surface area contributed by atoms with E-state index in [9.17, 15) is 28.7 Å². The lowest BCUT2D eigenvalue weighted by atomic mass is 9.76. The Morgan fingerprint density at radius 2 is 1.62 bits per heavy atom. The van der Waals surface area contributed by atoms with Gasteiger partial charge in [0.05, 0.1) is 11.6 Å². The van der Waals surface area contributed by atoms with Gasteiger partial charge in [-0.15, -0.1) is 0 Å². The number of alkyl carbamates (subject to hydrolysis) is 1. The van der Waals surface area contributed by atoms with Gasteiger partial charge in [0.15, 0.2) is 0 Å². The highest BCUT2D eigenvalue weighted by atomic mass is 19.1. The van der Waals surface area contributed by atoms with E-state index in [1.165, 1.54) is 18.6 Å². The van der Waals surface area contributed by atoms with Crippen LogP contribution in [0.4, 0.5) is 14.9 Å². The fraction of sp³-hybridized carbons (Fsp3) is 0.688. The van der Waals surface area contributed by atoms with Gasteiger partial charge in [-0.3, -0.25) is 9.59 Å². The second-order valence-corrected chi connectivity index (χ2v) is 13.2. The van der Waals surface area contributed by atoms with Gasteiger partial charge in [-0.25, -0.2) is 14.0 Å². The van der Waals surface area contributed by atoms with Crippen molar-refractivity contribution in [3.8, 4) is 0 Å². The zero-order valence-electron chi connectivity index (χ0n) is 25.1. The lowest BCUT2D eigenvalue weighted by Gasteiger charge is -2.37. The van der Waals surface area contributed by atoms with Crippen molar-refractivity contribution >= 4 is 29.6 Å². The first kappa shape index (κ1) is 31.8. The van der Waals surface area contributed by atoms with Crippen LogP contribution in [0.25, 0.3) is 0 Å². The molecule has 232 valence electrons. The van der Waals surface area contributed by atoms with Crippen LogP contribution < -0.4 is 10.6 Å².